The summed E-state index contributed by atoms with van der Waals surface area (Å²) in [6.45, 7) is 2.88. The van der Waals surface area contributed by atoms with Gasteiger partial charge in [-0.05, 0) is 12.1 Å². The molecule has 1 aliphatic heterocycles. The van der Waals surface area contributed by atoms with Gasteiger partial charge >= 0.3 is 0 Å². The van der Waals surface area contributed by atoms with Gasteiger partial charge in [0.15, 0.2) is 0 Å². The lowest BCUT2D eigenvalue weighted by Gasteiger charge is -2.33. The highest BCUT2D eigenvalue weighted by atomic mass is 16.1. The number of nitrogens with zero attached hydrogens (tertiary/aromatic N) is 2. The predicted octanol–water partition coefficient (Wildman–Crippen LogP) is -0.178. The lowest BCUT2D eigenvalue weighted by atomic mass is 10.2. The highest BCUT2D eigenvalue weighted by Crippen LogP contribution is 2.13. The zero-order valence-electron chi connectivity index (χ0n) is 10.6. The highest BCUT2D eigenvalue weighted by molar-refractivity contribution is 5.80. The Morgan fingerprint density at radius 2 is 2.32 bits per heavy atom. The molecule has 6 nitrogen and oxygen atoms in total. The number of fused-ring (bicyclic) bond motifs is 1. The number of para-hydroxylation sites is 2. The van der Waals surface area contributed by atoms with Crippen molar-refractivity contribution in [3.63, 3.8) is 0 Å². The molecule has 1 unspecified atom stereocenters. The number of nitrogens with one attached hydrogen (secondary N) is 2. The molecule has 0 spiro atoms. The van der Waals surface area contributed by atoms with E-state index in [1.807, 2.05) is 24.3 Å². The Balaban J connectivity index is 1.80. The number of imidazole rings is 1. The minimum atomic E-state index is -0.289. The zero-order valence-corrected chi connectivity index (χ0v) is 10.6. The first-order valence-electron chi connectivity index (χ1n) is 6.42. The number of nitrogens with two attached hydrogens (primary N) is 1. The van der Waals surface area contributed by atoms with Crippen molar-refractivity contribution in [1.82, 2.24) is 20.2 Å². The SMILES string of the molecule is NC(=O)C1CNCCN1Cc1nc2ccccc2[nH]1. The standard InChI is InChI=1S/C13H17N5O/c14-13(19)11-7-15-5-6-18(11)8-12-16-9-3-1-2-4-10(9)17-12/h1-4,11,15H,5-8H2,(H2,14,19)(H,16,17). The van der Waals surface area contributed by atoms with Gasteiger partial charge in [0.25, 0.3) is 0 Å². The molecule has 1 aromatic carbocycles. The van der Waals surface area contributed by atoms with E-state index in [-0.39, 0.29) is 11.9 Å². The maximum atomic E-state index is 11.4. The van der Waals surface area contributed by atoms with E-state index in [2.05, 4.69) is 20.2 Å². The summed E-state index contributed by atoms with van der Waals surface area (Å²) >= 11 is 0. The number of rotatable bonds is 3. The van der Waals surface area contributed by atoms with Crippen molar-refractivity contribution in [2.24, 2.45) is 5.73 Å². The number of piperazine rings is 1. The number of hydrogen-bond donors (Lipinski definition) is 3. The van der Waals surface area contributed by atoms with E-state index < -0.39 is 0 Å². The van der Waals surface area contributed by atoms with Gasteiger partial charge in [0.2, 0.25) is 5.91 Å². The first-order chi connectivity index (χ1) is 9.24. The fourth-order valence-electron chi connectivity index (χ4n) is 2.49. The molecule has 0 bridgehead atoms. The van der Waals surface area contributed by atoms with Crippen LogP contribution >= 0.6 is 0 Å². The summed E-state index contributed by atoms with van der Waals surface area (Å²) in [5.74, 6) is 0.581. The van der Waals surface area contributed by atoms with Gasteiger partial charge in [-0.3, -0.25) is 9.69 Å². The van der Waals surface area contributed by atoms with Crippen LogP contribution in [-0.2, 0) is 11.3 Å². The quantitative estimate of drug-likeness (QED) is 0.713. The zero-order chi connectivity index (χ0) is 13.2. The van der Waals surface area contributed by atoms with Crippen molar-refractivity contribution in [3.8, 4) is 0 Å². The normalized spacial score (nSPS) is 20.7. The van der Waals surface area contributed by atoms with Crippen LogP contribution in [-0.4, -0.2) is 46.5 Å². The minimum Gasteiger partial charge on any atom is -0.368 e. The summed E-state index contributed by atoms with van der Waals surface area (Å²) in [5.41, 5.74) is 7.40. The Bertz CT molecular complexity index is 560. The van der Waals surface area contributed by atoms with Crippen LogP contribution in [0, 0.1) is 0 Å². The smallest absolute Gasteiger partial charge is 0.236 e. The molecule has 0 aliphatic carbocycles. The van der Waals surface area contributed by atoms with Crippen molar-refractivity contribution in [1.29, 1.82) is 0 Å². The van der Waals surface area contributed by atoms with Gasteiger partial charge in [-0.1, -0.05) is 12.1 Å². The largest absolute Gasteiger partial charge is 0.368 e. The second-order valence-corrected chi connectivity index (χ2v) is 4.79. The highest BCUT2D eigenvalue weighted by Gasteiger charge is 2.27. The topological polar surface area (TPSA) is 87.0 Å². The molecule has 0 saturated carbocycles. The summed E-state index contributed by atoms with van der Waals surface area (Å²) in [5, 5.41) is 3.19. The number of amides is 1. The summed E-state index contributed by atoms with van der Waals surface area (Å²) in [7, 11) is 0. The Morgan fingerprint density at radius 3 is 3.11 bits per heavy atom. The minimum absolute atomic E-state index is 0.262. The number of hydrogen-bond acceptors (Lipinski definition) is 4. The number of carbonyl (C=O) groups excluding carboxylic acids is 1. The lowest BCUT2D eigenvalue weighted by molar-refractivity contribution is -0.124. The van der Waals surface area contributed by atoms with Crippen molar-refractivity contribution in [2.75, 3.05) is 19.6 Å². The van der Waals surface area contributed by atoms with Crippen LogP contribution in [0.5, 0.6) is 0 Å². The molecule has 1 atom stereocenters. The number of aromatic amines is 1. The molecule has 1 fully saturated rings. The molecule has 100 valence electrons. The Labute approximate surface area is 111 Å². The average Bonchev–Trinajstić information content (AvgIpc) is 2.81. The van der Waals surface area contributed by atoms with Crippen molar-refractivity contribution in [3.05, 3.63) is 30.1 Å². The van der Waals surface area contributed by atoms with Crippen LogP contribution in [0.2, 0.25) is 0 Å². The Morgan fingerprint density at radius 1 is 1.47 bits per heavy atom. The monoisotopic (exact) mass is 259 g/mol. The number of primary amides is 1. The van der Waals surface area contributed by atoms with Crippen LogP contribution in [0.25, 0.3) is 11.0 Å². The molecule has 1 aliphatic rings. The van der Waals surface area contributed by atoms with Crippen LogP contribution < -0.4 is 11.1 Å². The molecule has 1 amide bonds. The summed E-state index contributed by atoms with van der Waals surface area (Å²) in [6, 6.07) is 7.64. The van der Waals surface area contributed by atoms with E-state index in [0.29, 0.717) is 13.1 Å². The van der Waals surface area contributed by atoms with E-state index in [4.69, 9.17) is 5.73 Å². The number of benzene rings is 1. The van der Waals surface area contributed by atoms with Gasteiger partial charge in [-0.2, -0.15) is 0 Å². The Kier molecular flexibility index (Phi) is 3.18. The van der Waals surface area contributed by atoms with Gasteiger partial charge in [-0.25, -0.2) is 4.98 Å². The molecular formula is C13H17N5O. The lowest BCUT2D eigenvalue weighted by Crippen LogP contribution is -2.56. The van der Waals surface area contributed by atoms with Gasteiger partial charge in [0.05, 0.1) is 17.6 Å². The third-order valence-electron chi connectivity index (χ3n) is 3.47. The third-order valence-corrected chi connectivity index (χ3v) is 3.47. The van der Waals surface area contributed by atoms with Crippen molar-refractivity contribution in [2.45, 2.75) is 12.6 Å². The molecule has 6 heteroatoms. The fraction of sp³-hybridized carbons (Fsp3) is 0.385. The third kappa shape index (κ3) is 2.45. The first-order valence-corrected chi connectivity index (χ1v) is 6.42. The average molecular weight is 259 g/mol. The molecule has 2 aromatic rings. The first kappa shape index (κ1) is 12.1. The van der Waals surface area contributed by atoms with Crippen LogP contribution in [0.3, 0.4) is 0 Å². The molecular weight excluding hydrogens is 242 g/mol. The predicted molar refractivity (Wildman–Crippen MR) is 72.4 cm³/mol. The second kappa shape index (κ2) is 4.99. The van der Waals surface area contributed by atoms with E-state index in [9.17, 15) is 4.79 Å². The second-order valence-electron chi connectivity index (χ2n) is 4.79. The molecule has 2 heterocycles. The van der Waals surface area contributed by atoms with Crippen molar-refractivity contribution < 1.29 is 4.79 Å². The van der Waals surface area contributed by atoms with Gasteiger partial charge < -0.3 is 16.0 Å². The van der Waals surface area contributed by atoms with Crippen LogP contribution in [0.15, 0.2) is 24.3 Å². The number of aromatic nitrogens is 2. The summed E-state index contributed by atoms with van der Waals surface area (Å²) < 4.78 is 0. The summed E-state index contributed by atoms with van der Waals surface area (Å²) in [6.07, 6.45) is 0. The van der Waals surface area contributed by atoms with E-state index >= 15 is 0 Å². The van der Waals surface area contributed by atoms with Crippen LogP contribution in [0.4, 0.5) is 0 Å². The number of H-pyrrole nitrogens is 1. The summed E-state index contributed by atoms with van der Waals surface area (Å²) in [4.78, 5) is 21.3. The molecule has 1 saturated heterocycles. The molecule has 19 heavy (non-hydrogen) atoms. The van der Waals surface area contributed by atoms with Gasteiger partial charge in [0.1, 0.15) is 11.9 Å². The fourth-order valence-corrected chi connectivity index (χ4v) is 2.49. The molecule has 3 rings (SSSR count). The number of carbonyl (C=O) groups is 1. The van der Waals surface area contributed by atoms with E-state index in [1.54, 1.807) is 0 Å². The maximum absolute atomic E-state index is 11.4. The van der Waals surface area contributed by atoms with Gasteiger partial charge in [0, 0.05) is 19.6 Å². The molecule has 1 aromatic heterocycles. The van der Waals surface area contributed by atoms with Crippen molar-refractivity contribution >= 4 is 16.9 Å². The Hall–Kier alpha value is -1.92. The molecule has 4 N–H and O–H groups in total. The maximum Gasteiger partial charge on any atom is 0.236 e. The van der Waals surface area contributed by atoms with E-state index in [1.165, 1.54) is 0 Å². The van der Waals surface area contributed by atoms with Crippen LogP contribution in [0.1, 0.15) is 5.82 Å². The van der Waals surface area contributed by atoms with E-state index in [0.717, 1.165) is 29.9 Å². The van der Waals surface area contributed by atoms with Gasteiger partial charge in [-0.15, -0.1) is 0 Å². The molecule has 0 radical (unpaired) electrons.